The van der Waals surface area contributed by atoms with E-state index >= 15 is 0 Å². The zero-order valence-electron chi connectivity index (χ0n) is 6.33. The monoisotopic (exact) mass is 159 g/mol. The molecule has 0 aliphatic carbocycles. The van der Waals surface area contributed by atoms with Crippen molar-refractivity contribution in [3.8, 4) is 0 Å². The predicted molar refractivity (Wildman–Crippen MR) is 36.1 cm³/mol. The Labute approximate surface area is 63.6 Å². The summed E-state index contributed by atoms with van der Waals surface area (Å²) >= 11 is 0. The van der Waals surface area contributed by atoms with Gasteiger partial charge in [0.1, 0.15) is 0 Å². The van der Waals surface area contributed by atoms with Gasteiger partial charge in [0.2, 0.25) is 5.78 Å². The van der Waals surface area contributed by atoms with Gasteiger partial charge in [-0.05, 0) is 6.92 Å². The average molecular weight is 159 g/mol. The number of likely N-dealkylation sites (N-methyl/N-ethyl adjacent to an activating group) is 1. The summed E-state index contributed by atoms with van der Waals surface area (Å²) in [6, 6.07) is 0. The minimum absolute atomic E-state index is 0.00620. The van der Waals surface area contributed by atoms with Crippen molar-refractivity contribution in [3.63, 3.8) is 0 Å². The topological polar surface area (TPSA) is 74.7 Å². The molecule has 0 aliphatic heterocycles. The minimum atomic E-state index is -1.40. The molecule has 0 aromatic carbocycles. The molecule has 0 bridgehead atoms. The van der Waals surface area contributed by atoms with Crippen molar-refractivity contribution >= 4 is 17.8 Å². The molecule has 0 unspecified atom stereocenters. The normalized spacial score (nSPS) is 8.91. The van der Waals surface area contributed by atoms with Gasteiger partial charge in [-0.15, -0.1) is 0 Å². The molecule has 0 heterocycles. The van der Waals surface area contributed by atoms with Crippen molar-refractivity contribution in [1.82, 2.24) is 4.90 Å². The number of ketones is 1. The number of hydrogen-bond acceptors (Lipinski definition) is 3. The predicted octanol–water partition coefficient (Wildman–Crippen LogP) is 0.102. The zero-order valence-corrected chi connectivity index (χ0v) is 6.33. The van der Waals surface area contributed by atoms with Crippen LogP contribution in [0.2, 0.25) is 0 Å². The molecule has 5 heteroatoms. The van der Waals surface area contributed by atoms with E-state index in [4.69, 9.17) is 5.11 Å². The van der Waals surface area contributed by atoms with Crippen LogP contribution in [-0.2, 0) is 9.59 Å². The summed E-state index contributed by atoms with van der Waals surface area (Å²) < 4.78 is 0. The molecule has 1 N–H and O–H groups in total. The van der Waals surface area contributed by atoms with E-state index in [1.54, 1.807) is 0 Å². The first kappa shape index (κ1) is 9.61. The van der Waals surface area contributed by atoms with E-state index in [2.05, 4.69) is 0 Å². The highest BCUT2D eigenvalue weighted by molar-refractivity contribution is 6.37. The number of carbonyl (C=O) groups excluding carboxylic acids is 2. The fourth-order valence-corrected chi connectivity index (χ4v) is 0.556. The fraction of sp³-hybridized carbons (Fsp3) is 0.500. The van der Waals surface area contributed by atoms with Crippen LogP contribution in [0.25, 0.3) is 0 Å². The maximum Gasteiger partial charge on any atom is 0.414 e. The molecule has 0 spiro atoms. The lowest BCUT2D eigenvalue weighted by Crippen LogP contribution is -2.39. The minimum Gasteiger partial charge on any atom is -0.465 e. The number of nitrogens with zero attached hydrogens (tertiary/aromatic N) is 1. The van der Waals surface area contributed by atoms with Gasteiger partial charge in [-0.1, -0.05) is 0 Å². The first-order valence-corrected chi connectivity index (χ1v) is 3.06. The van der Waals surface area contributed by atoms with Gasteiger partial charge in [0.05, 0.1) is 0 Å². The summed E-state index contributed by atoms with van der Waals surface area (Å²) in [4.78, 5) is 31.8. The van der Waals surface area contributed by atoms with Crippen LogP contribution in [0.3, 0.4) is 0 Å². The maximum atomic E-state index is 10.7. The molecule has 11 heavy (non-hydrogen) atoms. The molecule has 5 nitrogen and oxygen atoms in total. The smallest absolute Gasteiger partial charge is 0.414 e. The molecule has 0 aromatic rings. The highest BCUT2D eigenvalue weighted by Gasteiger charge is 2.21. The van der Waals surface area contributed by atoms with E-state index in [0.29, 0.717) is 4.90 Å². The van der Waals surface area contributed by atoms with Crippen molar-refractivity contribution in [2.24, 2.45) is 0 Å². The van der Waals surface area contributed by atoms with Gasteiger partial charge in [0, 0.05) is 13.5 Å². The van der Waals surface area contributed by atoms with Crippen molar-refractivity contribution < 1.29 is 19.5 Å². The number of carbonyl (C=O) groups is 3. The molecular weight excluding hydrogens is 150 g/mol. The number of imide groups is 1. The van der Waals surface area contributed by atoms with Gasteiger partial charge in [-0.2, -0.15) is 0 Å². The van der Waals surface area contributed by atoms with E-state index in [9.17, 15) is 14.4 Å². The number of amides is 2. The van der Waals surface area contributed by atoms with Gasteiger partial charge in [-0.25, -0.2) is 9.69 Å². The van der Waals surface area contributed by atoms with Gasteiger partial charge in [0.15, 0.2) is 0 Å². The molecule has 0 saturated heterocycles. The Balaban J connectivity index is 4.39. The maximum absolute atomic E-state index is 10.7. The second-order valence-corrected chi connectivity index (χ2v) is 1.89. The number of carboxylic acid groups (broad SMARTS) is 1. The Hall–Kier alpha value is -1.39. The number of Topliss-reactive ketones (excluding diaryl/α,β-unsaturated/α-hetero) is 1. The summed E-state index contributed by atoms with van der Waals surface area (Å²) in [5, 5.41) is 8.35. The lowest BCUT2D eigenvalue weighted by atomic mass is 10.4. The van der Waals surface area contributed by atoms with E-state index in [1.165, 1.54) is 6.92 Å². The highest BCUT2D eigenvalue weighted by Crippen LogP contribution is 1.90. The van der Waals surface area contributed by atoms with E-state index in [1.807, 2.05) is 0 Å². The molecule has 0 saturated carbocycles. The first-order chi connectivity index (χ1) is 5.00. The molecule has 0 fully saturated rings. The summed E-state index contributed by atoms with van der Waals surface area (Å²) in [7, 11) is 0. The van der Waals surface area contributed by atoms with Crippen LogP contribution in [-0.4, -0.2) is 34.3 Å². The molecule has 0 aliphatic rings. The van der Waals surface area contributed by atoms with Crippen LogP contribution in [0.4, 0.5) is 4.79 Å². The Bertz CT molecular complexity index is 199. The summed E-state index contributed by atoms with van der Waals surface area (Å²) in [5.74, 6) is -1.76. The summed E-state index contributed by atoms with van der Waals surface area (Å²) in [6.07, 6.45) is -1.40. The van der Waals surface area contributed by atoms with Crippen LogP contribution in [0.1, 0.15) is 13.8 Å². The van der Waals surface area contributed by atoms with Crippen molar-refractivity contribution in [2.45, 2.75) is 13.8 Å². The standard InChI is InChI=1S/C6H9NO4/c1-3-7(6(10)11)5(9)4(2)8/h3H2,1-2H3,(H,10,11). The fourth-order valence-electron chi connectivity index (χ4n) is 0.556. The SMILES string of the molecule is CCN(C(=O)O)C(=O)C(C)=O. The zero-order chi connectivity index (χ0) is 9.02. The third-order valence-electron chi connectivity index (χ3n) is 1.09. The van der Waals surface area contributed by atoms with E-state index < -0.39 is 17.8 Å². The van der Waals surface area contributed by atoms with Gasteiger partial charge >= 0.3 is 6.09 Å². The van der Waals surface area contributed by atoms with Crippen molar-refractivity contribution in [3.05, 3.63) is 0 Å². The third kappa shape index (κ3) is 2.37. The first-order valence-electron chi connectivity index (χ1n) is 3.06. The van der Waals surface area contributed by atoms with E-state index in [0.717, 1.165) is 6.92 Å². The van der Waals surface area contributed by atoms with Gasteiger partial charge < -0.3 is 5.11 Å². The largest absolute Gasteiger partial charge is 0.465 e. The quantitative estimate of drug-likeness (QED) is 0.580. The van der Waals surface area contributed by atoms with Crippen molar-refractivity contribution in [2.75, 3.05) is 6.54 Å². The number of rotatable bonds is 2. The highest BCUT2D eigenvalue weighted by atomic mass is 16.4. The second kappa shape index (κ2) is 3.70. The van der Waals surface area contributed by atoms with Crippen LogP contribution in [0, 0.1) is 0 Å². The molecule has 0 rings (SSSR count). The molecular formula is C6H9NO4. The molecule has 0 aromatic heterocycles. The van der Waals surface area contributed by atoms with Crippen LogP contribution >= 0.6 is 0 Å². The Morgan fingerprint density at radius 1 is 1.36 bits per heavy atom. The van der Waals surface area contributed by atoms with Crippen LogP contribution < -0.4 is 0 Å². The molecule has 2 amide bonds. The summed E-state index contributed by atoms with van der Waals surface area (Å²) in [6.45, 7) is 2.51. The van der Waals surface area contributed by atoms with Gasteiger partial charge in [0.25, 0.3) is 5.91 Å². The Kier molecular flexibility index (Phi) is 3.23. The lowest BCUT2D eigenvalue weighted by Gasteiger charge is -2.11. The number of hydrogen-bond donors (Lipinski definition) is 1. The summed E-state index contributed by atoms with van der Waals surface area (Å²) in [5.41, 5.74) is 0. The Morgan fingerprint density at radius 2 is 1.82 bits per heavy atom. The molecule has 0 atom stereocenters. The lowest BCUT2D eigenvalue weighted by molar-refractivity contribution is -0.142. The van der Waals surface area contributed by atoms with Gasteiger partial charge in [-0.3, -0.25) is 9.59 Å². The van der Waals surface area contributed by atoms with E-state index in [-0.39, 0.29) is 6.54 Å². The van der Waals surface area contributed by atoms with Crippen LogP contribution in [0.5, 0.6) is 0 Å². The average Bonchev–Trinajstić information content (AvgIpc) is 1.88. The Morgan fingerprint density at radius 3 is 1.91 bits per heavy atom. The molecule has 62 valence electrons. The molecule has 0 radical (unpaired) electrons. The van der Waals surface area contributed by atoms with Crippen LogP contribution in [0.15, 0.2) is 0 Å². The third-order valence-corrected chi connectivity index (χ3v) is 1.09. The van der Waals surface area contributed by atoms with Crippen molar-refractivity contribution in [1.29, 1.82) is 0 Å². The second-order valence-electron chi connectivity index (χ2n) is 1.89.